The van der Waals surface area contributed by atoms with E-state index in [1.54, 1.807) is 46.0 Å². The molecular weight excluding hydrogens is 396 g/mol. The van der Waals surface area contributed by atoms with Gasteiger partial charge in [0.05, 0.1) is 6.61 Å². The zero-order valence-corrected chi connectivity index (χ0v) is 19.2. The van der Waals surface area contributed by atoms with Crippen molar-refractivity contribution < 1.29 is 23.8 Å². The summed E-state index contributed by atoms with van der Waals surface area (Å²) >= 11 is 0. The summed E-state index contributed by atoms with van der Waals surface area (Å²) in [5, 5.41) is 0. The van der Waals surface area contributed by atoms with Crippen LogP contribution in [0, 0.1) is 6.92 Å². The van der Waals surface area contributed by atoms with E-state index in [9.17, 15) is 9.59 Å². The van der Waals surface area contributed by atoms with E-state index >= 15 is 0 Å². The van der Waals surface area contributed by atoms with Crippen LogP contribution >= 0.6 is 0 Å². The molecule has 1 aliphatic rings. The van der Waals surface area contributed by atoms with E-state index in [-0.39, 0.29) is 17.6 Å². The molecule has 7 nitrogen and oxygen atoms in total. The van der Waals surface area contributed by atoms with Gasteiger partial charge < -0.3 is 14.2 Å². The fourth-order valence-corrected chi connectivity index (χ4v) is 3.91. The maximum Gasteiger partial charge on any atom is 0.325 e. The highest BCUT2D eigenvalue weighted by atomic mass is 16.5. The molecule has 31 heavy (non-hydrogen) atoms. The van der Waals surface area contributed by atoms with E-state index in [0.29, 0.717) is 30.2 Å². The Balaban J connectivity index is 2.02. The Kier molecular flexibility index (Phi) is 6.18. The van der Waals surface area contributed by atoms with Gasteiger partial charge in [0, 0.05) is 11.8 Å². The van der Waals surface area contributed by atoms with Crippen molar-refractivity contribution in [1.29, 1.82) is 0 Å². The molecule has 1 aromatic carbocycles. The van der Waals surface area contributed by atoms with Gasteiger partial charge in [0.2, 0.25) is 5.88 Å². The summed E-state index contributed by atoms with van der Waals surface area (Å²) in [5.41, 5.74) is 0.204. The lowest BCUT2D eigenvalue weighted by atomic mass is 9.73. The van der Waals surface area contributed by atoms with Gasteiger partial charge in [-0.2, -0.15) is 4.98 Å². The Labute approximate surface area is 183 Å². The van der Waals surface area contributed by atoms with E-state index in [0.717, 1.165) is 11.1 Å². The molecule has 0 N–H and O–H groups in total. The minimum Gasteiger partial charge on any atom is -0.478 e. The van der Waals surface area contributed by atoms with Gasteiger partial charge in [0.1, 0.15) is 22.9 Å². The number of carbonyl (C=O) groups excluding carboxylic acids is 2. The standard InChI is InChI=1S/C24H30N2O5/c1-8-15-10-11-16(30-22-25-13-14(3)21(26-22)29-9-2)12-17(15)18-19(27)23(4,5)31-24(6,7)20(18)28/h10-13,18H,8-9H2,1-7H3. The smallest absolute Gasteiger partial charge is 0.325 e. The summed E-state index contributed by atoms with van der Waals surface area (Å²) in [6.45, 7) is 13.0. The first-order valence-corrected chi connectivity index (χ1v) is 10.6. The molecule has 1 saturated heterocycles. The Morgan fingerprint density at radius 3 is 2.29 bits per heavy atom. The van der Waals surface area contributed by atoms with Gasteiger partial charge in [0.15, 0.2) is 11.6 Å². The number of nitrogens with zero attached hydrogens (tertiary/aromatic N) is 2. The monoisotopic (exact) mass is 426 g/mol. The van der Waals surface area contributed by atoms with Crippen LogP contribution in [0.25, 0.3) is 0 Å². The molecule has 0 unspecified atom stereocenters. The maximum atomic E-state index is 13.2. The molecule has 0 spiro atoms. The van der Waals surface area contributed by atoms with Gasteiger partial charge in [0.25, 0.3) is 0 Å². The van der Waals surface area contributed by atoms with Crippen LogP contribution < -0.4 is 9.47 Å². The molecular formula is C24H30N2O5. The molecule has 0 bridgehead atoms. The normalized spacial score (nSPS) is 18.2. The zero-order chi connectivity index (χ0) is 23.0. The maximum absolute atomic E-state index is 13.2. The predicted octanol–water partition coefficient (Wildman–Crippen LogP) is 4.35. The molecule has 0 radical (unpaired) electrons. The fraction of sp³-hybridized carbons (Fsp3) is 0.500. The largest absolute Gasteiger partial charge is 0.478 e. The van der Waals surface area contributed by atoms with Crippen LogP contribution in [0.5, 0.6) is 17.6 Å². The second-order valence-electron chi connectivity index (χ2n) is 8.67. The first kappa shape index (κ1) is 22.9. The molecule has 2 aromatic rings. The van der Waals surface area contributed by atoms with Crippen molar-refractivity contribution in [3.8, 4) is 17.6 Å². The molecule has 0 aliphatic carbocycles. The second kappa shape index (κ2) is 8.38. The number of hydrogen-bond acceptors (Lipinski definition) is 7. The van der Waals surface area contributed by atoms with Crippen molar-refractivity contribution in [2.24, 2.45) is 0 Å². The van der Waals surface area contributed by atoms with Crippen molar-refractivity contribution in [3.05, 3.63) is 41.1 Å². The fourth-order valence-electron chi connectivity index (χ4n) is 3.91. The van der Waals surface area contributed by atoms with Crippen molar-refractivity contribution in [2.45, 2.75) is 72.0 Å². The number of ketones is 2. The van der Waals surface area contributed by atoms with E-state index in [1.807, 2.05) is 26.8 Å². The minimum atomic E-state index is -1.07. The molecule has 2 heterocycles. The van der Waals surface area contributed by atoms with Gasteiger partial charge in [-0.25, -0.2) is 4.98 Å². The molecule has 1 fully saturated rings. The van der Waals surface area contributed by atoms with Crippen molar-refractivity contribution in [3.63, 3.8) is 0 Å². The van der Waals surface area contributed by atoms with E-state index in [1.165, 1.54) is 0 Å². The highest BCUT2D eigenvalue weighted by Crippen LogP contribution is 2.40. The average molecular weight is 427 g/mol. The van der Waals surface area contributed by atoms with Crippen LogP contribution in [0.15, 0.2) is 24.4 Å². The van der Waals surface area contributed by atoms with E-state index in [2.05, 4.69) is 9.97 Å². The third kappa shape index (κ3) is 4.46. The van der Waals surface area contributed by atoms with Crippen molar-refractivity contribution in [2.75, 3.05) is 6.61 Å². The van der Waals surface area contributed by atoms with Gasteiger partial charge in [-0.05, 0) is 71.2 Å². The molecule has 1 aliphatic heterocycles. The average Bonchev–Trinajstić information content (AvgIpc) is 2.69. The molecule has 0 atom stereocenters. The van der Waals surface area contributed by atoms with Gasteiger partial charge in [-0.15, -0.1) is 0 Å². The molecule has 0 amide bonds. The van der Waals surface area contributed by atoms with Crippen LogP contribution in [0.4, 0.5) is 0 Å². The summed E-state index contributed by atoms with van der Waals surface area (Å²) in [4.78, 5) is 34.9. The number of rotatable bonds is 6. The molecule has 1 aromatic heterocycles. The zero-order valence-electron chi connectivity index (χ0n) is 19.2. The molecule has 7 heteroatoms. The Hall–Kier alpha value is -2.80. The number of aryl methyl sites for hydroxylation is 2. The summed E-state index contributed by atoms with van der Waals surface area (Å²) in [7, 11) is 0. The van der Waals surface area contributed by atoms with E-state index < -0.39 is 17.1 Å². The topological polar surface area (TPSA) is 87.6 Å². The molecule has 166 valence electrons. The lowest BCUT2D eigenvalue weighted by Crippen LogP contribution is -2.58. The Morgan fingerprint density at radius 1 is 1.06 bits per heavy atom. The third-order valence-corrected chi connectivity index (χ3v) is 5.42. The van der Waals surface area contributed by atoms with Crippen LogP contribution in [-0.4, -0.2) is 39.3 Å². The minimum absolute atomic E-state index is 0.134. The number of Topliss-reactive ketones (excluding diaryl/α,β-unsaturated/α-hetero) is 2. The first-order valence-electron chi connectivity index (χ1n) is 10.6. The summed E-state index contributed by atoms with van der Waals surface area (Å²) in [6.07, 6.45) is 2.30. The van der Waals surface area contributed by atoms with Crippen molar-refractivity contribution in [1.82, 2.24) is 9.97 Å². The van der Waals surface area contributed by atoms with Gasteiger partial charge in [-0.3, -0.25) is 9.59 Å². The number of hydrogen-bond donors (Lipinski definition) is 0. The van der Waals surface area contributed by atoms with Crippen LogP contribution in [0.2, 0.25) is 0 Å². The number of ether oxygens (including phenoxy) is 3. The summed E-state index contributed by atoms with van der Waals surface area (Å²) in [5.74, 6) is -0.532. The molecule has 3 rings (SSSR count). The lowest BCUT2D eigenvalue weighted by molar-refractivity contribution is -0.184. The summed E-state index contributed by atoms with van der Waals surface area (Å²) in [6, 6.07) is 5.53. The highest BCUT2D eigenvalue weighted by Gasteiger charge is 2.53. The third-order valence-electron chi connectivity index (χ3n) is 5.42. The van der Waals surface area contributed by atoms with Gasteiger partial charge >= 0.3 is 6.01 Å². The first-order chi connectivity index (χ1) is 14.5. The van der Waals surface area contributed by atoms with E-state index in [4.69, 9.17) is 14.2 Å². The number of aromatic nitrogens is 2. The quantitative estimate of drug-likeness (QED) is 0.635. The Bertz CT molecular complexity index is 987. The van der Waals surface area contributed by atoms with Crippen LogP contribution in [0.3, 0.4) is 0 Å². The number of carbonyl (C=O) groups is 2. The van der Waals surface area contributed by atoms with Gasteiger partial charge in [-0.1, -0.05) is 13.0 Å². The van der Waals surface area contributed by atoms with Crippen LogP contribution in [0.1, 0.15) is 64.2 Å². The molecule has 0 saturated carbocycles. The van der Waals surface area contributed by atoms with Crippen molar-refractivity contribution >= 4 is 11.6 Å². The lowest BCUT2D eigenvalue weighted by Gasteiger charge is -2.43. The highest BCUT2D eigenvalue weighted by molar-refractivity contribution is 6.15. The predicted molar refractivity (Wildman–Crippen MR) is 116 cm³/mol. The Morgan fingerprint density at radius 2 is 1.71 bits per heavy atom. The second-order valence-corrected chi connectivity index (χ2v) is 8.67. The SMILES string of the molecule is CCOc1nc(Oc2ccc(CC)c(C3C(=O)C(C)(C)OC(C)(C)C3=O)c2)ncc1C. The number of benzene rings is 1. The van der Waals surface area contributed by atoms with Crippen LogP contribution in [-0.2, 0) is 20.7 Å². The summed E-state index contributed by atoms with van der Waals surface area (Å²) < 4.78 is 17.2.